The van der Waals surface area contributed by atoms with Gasteiger partial charge in [-0.25, -0.2) is 0 Å². The minimum Gasteiger partial charge on any atom is -0.481 e. The van der Waals surface area contributed by atoms with E-state index in [-0.39, 0.29) is 13.2 Å². The van der Waals surface area contributed by atoms with Crippen LogP contribution in [0, 0.1) is 0 Å². The Morgan fingerprint density at radius 2 is 1.15 bits per heavy atom. The number of nitrogens with two attached hydrogens (primary N) is 4. The van der Waals surface area contributed by atoms with Crippen molar-refractivity contribution in [2.45, 2.75) is 36.8 Å². The zero-order valence-electron chi connectivity index (χ0n) is 18.4. The number of carbonyl (C=O) groups excluding carboxylic acids is 1. The van der Waals surface area contributed by atoms with Gasteiger partial charge in [0.1, 0.15) is 12.2 Å². The van der Waals surface area contributed by atoms with Gasteiger partial charge in [0.2, 0.25) is 0 Å². The van der Waals surface area contributed by atoms with Crippen molar-refractivity contribution in [1.29, 1.82) is 0 Å². The Morgan fingerprint density at radius 3 is 1.52 bits per heavy atom. The summed E-state index contributed by atoms with van der Waals surface area (Å²) in [6.07, 6.45) is -3.76. The zero-order chi connectivity index (χ0) is 25.9. The fourth-order valence-electron chi connectivity index (χ4n) is 2.80. The summed E-state index contributed by atoms with van der Waals surface area (Å²) in [6.45, 7) is 1.09. The van der Waals surface area contributed by atoms with Gasteiger partial charge in [-0.1, -0.05) is 0 Å². The van der Waals surface area contributed by atoms with Gasteiger partial charge in [-0.15, -0.1) is 0 Å². The molecule has 15 nitrogen and oxygen atoms in total. The van der Waals surface area contributed by atoms with Gasteiger partial charge in [-0.05, 0) is 0 Å². The normalized spacial score (nSPS) is 12.8. The molecule has 0 spiro atoms. The first kappa shape index (κ1) is 32.8. The molecule has 1 unspecified atom stereocenters. The van der Waals surface area contributed by atoms with Crippen molar-refractivity contribution in [3.8, 4) is 0 Å². The van der Waals surface area contributed by atoms with Crippen LogP contribution in [0.4, 0.5) is 0 Å². The van der Waals surface area contributed by atoms with Crippen LogP contribution in [-0.4, -0.2) is 108 Å². The minimum absolute atomic E-state index is 0.122. The highest BCUT2D eigenvalue weighted by molar-refractivity contribution is 5.78. The second-order valence-corrected chi connectivity index (χ2v) is 6.81. The van der Waals surface area contributed by atoms with Crippen LogP contribution in [0.1, 0.15) is 25.7 Å². The van der Waals surface area contributed by atoms with E-state index < -0.39 is 73.9 Å². The molecular formula is C18H36N4O11. The van der Waals surface area contributed by atoms with Gasteiger partial charge in [-0.3, -0.25) is 19.2 Å². The Bertz CT molecular complexity index is 586. The molecule has 0 aliphatic rings. The molecule has 0 radical (unpaired) electrons. The monoisotopic (exact) mass is 484 g/mol. The topological polar surface area (TPSA) is 281 Å². The number of carboxylic acid groups (broad SMARTS) is 3. The number of aliphatic hydroxyl groups is 1. The van der Waals surface area contributed by atoms with Crippen LogP contribution < -0.4 is 22.9 Å². The molecule has 0 aromatic heterocycles. The molecule has 12 N–H and O–H groups in total. The van der Waals surface area contributed by atoms with E-state index in [1.807, 2.05) is 0 Å². The number of rotatable bonds is 18. The van der Waals surface area contributed by atoms with Gasteiger partial charge in [0.25, 0.3) is 0 Å². The van der Waals surface area contributed by atoms with E-state index in [1.165, 1.54) is 0 Å². The van der Waals surface area contributed by atoms with Crippen molar-refractivity contribution in [2.24, 2.45) is 22.9 Å². The van der Waals surface area contributed by atoms with Crippen molar-refractivity contribution in [3.63, 3.8) is 0 Å². The molecule has 0 rings (SSSR count). The summed E-state index contributed by atoms with van der Waals surface area (Å²) < 4.78 is 14.9. The van der Waals surface area contributed by atoms with Crippen LogP contribution in [0.25, 0.3) is 0 Å². The number of carbonyl (C=O) groups is 4. The minimum atomic E-state index is -2.25. The summed E-state index contributed by atoms with van der Waals surface area (Å²) in [5.41, 5.74) is 17.1. The number of hydrogen-bond acceptors (Lipinski definition) is 12. The number of aliphatic hydroxyl groups excluding tert-OH is 1. The van der Waals surface area contributed by atoms with E-state index in [9.17, 15) is 24.3 Å². The first-order valence-corrected chi connectivity index (χ1v) is 9.96. The highest BCUT2D eigenvalue weighted by Gasteiger charge is 2.55. The smallest absolute Gasteiger partial charge is 0.308 e. The van der Waals surface area contributed by atoms with E-state index >= 15 is 0 Å². The lowest BCUT2D eigenvalue weighted by Gasteiger charge is -2.45. The average Bonchev–Trinajstić information content (AvgIpc) is 2.69. The lowest BCUT2D eigenvalue weighted by molar-refractivity contribution is -0.176. The maximum atomic E-state index is 12.0. The summed E-state index contributed by atoms with van der Waals surface area (Å²) >= 11 is 0. The molecule has 15 heteroatoms. The van der Waals surface area contributed by atoms with Gasteiger partial charge in [-0.2, -0.15) is 0 Å². The lowest BCUT2D eigenvalue weighted by Crippen LogP contribution is -2.65. The van der Waals surface area contributed by atoms with Gasteiger partial charge in [0, 0.05) is 19.6 Å². The highest BCUT2D eigenvalue weighted by Crippen LogP contribution is 2.37. The molecule has 33 heavy (non-hydrogen) atoms. The van der Waals surface area contributed by atoms with Crippen molar-refractivity contribution < 1.29 is 53.8 Å². The summed E-state index contributed by atoms with van der Waals surface area (Å²) in [7, 11) is 0. The van der Waals surface area contributed by atoms with Crippen molar-refractivity contribution >= 4 is 23.9 Å². The van der Waals surface area contributed by atoms with E-state index in [4.69, 9.17) is 47.7 Å². The van der Waals surface area contributed by atoms with Gasteiger partial charge >= 0.3 is 23.9 Å². The molecule has 0 saturated carbocycles. The number of esters is 1. The molecule has 0 heterocycles. The van der Waals surface area contributed by atoms with Crippen LogP contribution in [0.2, 0.25) is 0 Å². The van der Waals surface area contributed by atoms with Crippen LogP contribution >= 0.6 is 0 Å². The van der Waals surface area contributed by atoms with Crippen LogP contribution in [0.3, 0.4) is 0 Å². The largest absolute Gasteiger partial charge is 0.481 e. The van der Waals surface area contributed by atoms with Crippen molar-refractivity contribution in [1.82, 2.24) is 0 Å². The number of hydrogen-bond donors (Lipinski definition) is 8. The first-order valence-electron chi connectivity index (χ1n) is 9.96. The fourth-order valence-corrected chi connectivity index (χ4v) is 2.80. The molecule has 0 fully saturated rings. The van der Waals surface area contributed by atoms with Gasteiger partial charge in [0.15, 0.2) is 0 Å². The predicted molar refractivity (Wildman–Crippen MR) is 113 cm³/mol. The summed E-state index contributed by atoms with van der Waals surface area (Å²) in [6, 6.07) is 0. The average molecular weight is 485 g/mol. The Labute approximate surface area is 190 Å². The molecule has 0 aliphatic carbocycles. The van der Waals surface area contributed by atoms with E-state index in [1.54, 1.807) is 0 Å². The number of carboxylic acids is 3. The summed E-state index contributed by atoms with van der Waals surface area (Å²) in [5, 5.41) is 36.1. The van der Waals surface area contributed by atoms with E-state index in [0.29, 0.717) is 26.3 Å². The Kier molecular flexibility index (Phi) is 18.0. The van der Waals surface area contributed by atoms with Crippen molar-refractivity contribution in [2.75, 3.05) is 52.7 Å². The molecule has 0 aromatic carbocycles. The summed E-state index contributed by atoms with van der Waals surface area (Å²) in [4.78, 5) is 45.8. The molecule has 0 amide bonds. The van der Waals surface area contributed by atoms with Gasteiger partial charge in [0.05, 0.1) is 57.6 Å². The number of aliphatic carboxylic acids is 3. The highest BCUT2D eigenvalue weighted by atomic mass is 16.5. The predicted octanol–water partition coefficient (Wildman–Crippen LogP) is -3.33. The van der Waals surface area contributed by atoms with Crippen LogP contribution in [0.15, 0.2) is 0 Å². The molecule has 1 atom stereocenters. The Morgan fingerprint density at radius 1 is 0.697 bits per heavy atom. The second kappa shape index (κ2) is 18.1. The maximum Gasteiger partial charge on any atom is 0.308 e. The Balaban J connectivity index is 0. The van der Waals surface area contributed by atoms with Crippen molar-refractivity contribution in [3.05, 3.63) is 0 Å². The Hall–Kier alpha value is -2.40. The molecule has 194 valence electrons. The zero-order valence-corrected chi connectivity index (χ0v) is 18.4. The molecule has 0 aromatic rings. The molecule has 0 saturated heterocycles. The standard InChI is InChI=1S/C14H24N2O10.C4H12N2O/c15-1-3-26-14(7-11(22)23,8-12(24)25-4-2-17)13(16,5-9(18)19)6-10(20)21;5-1-3-7-4-2-6/h17H,1-8,15-16H2,(H,18,19)(H,20,21)(H,22,23);1-6H2. The summed E-state index contributed by atoms with van der Waals surface area (Å²) in [5.74, 6) is -5.56. The van der Waals surface area contributed by atoms with Crippen LogP contribution in [0.5, 0.6) is 0 Å². The van der Waals surface area contributed by atoms with Gasteiger partial charge < -0.3 is 57.6 Å². The third-order valence-corrected chi connectivity index (χ3v) is 4.08. The third kappa shape index (κ3) is 14.4. The van der Waals surface area contributed by atoms with Crippen LogP contribution in [-0.2, 0) is 33.4 Å². The SMILES string of the molecule is NCCOC(CC(=O)O)(CC(=O)OCCO)C(N)(CC(=O)O)CC(=O)O.NCCOCCN. The maximum absolute atomic E-state index is 12.0. The molecular weight excluding hydrogens is 448 g/mol. The first-order chi connectivity index (χ1) is 15.4. The molecule has 0 bridgehead atoms. The second-order valence-electron chi connectivity index (χ2n) is 6.81. The molecule has 0 aliphatic heterocycles. The fraction of sp³-hybridized carbons (Fsp3) is 0.778. The third-order valence-electron chi connectivity index (χ3n) is 4.08. The van der Waals surface area contributed by atoms with E-state index in [2.05, 4.69) is 4.74 Å². The lowest BCUT2D eigenvalue weighted by atomic mass is 9.71. The van der Waals surface area contributed by atoms with E-state index in [0.717, 1.165) is 0 Å². The quantitative estimate of drug-likeness (QED) is 0.0697. The number of ether oxygens (including phenoxy) is 3.